The van der Waals surface area contributed by atoms with Crippen molar-refractivity contribution >= 4 is 17.8 Å². The Morgan fingerprint density at radius 2 is 1.86 bits per heavy atom. The van der Waals surface area contributed by atoms with E-state index < -0.39 is 5.91 Å². The predicted molar refractivity (Wildman–Crippen MR) is 113 cm³/mol. The second-order valence-corrected chi connectivity index (χ2v) is 6.85. The first-order chi connectivity index (χ1) is 14.0. The fraction of sp³-hybridized carbons (Fsp3) is 0.167. The zero-order chi connectivity index (χ0) is 20.6. The summed E-state index contributed by atoms with van der Waals surface area (Å²) in [6.07, 6.45) is 5.91. The van der Waals surface area contributed by atoms with Gasteiger partial charge in [-0.05, 0) is 36.2 Å². The lowest BCUT2D eigenvalue weighted by molar-refractivity contribution is -0.122. The van der Waals surface area contributed by atoms with Crippen molar-refractivity contribution in [3.8, 4) is 0 Å². The van der Waals surface area contributed by atoms with Gasteiger partial charge >= 0.3 is 0 Å². The van der Waals surface area contributed by atoms with Crippen LogP contribution in [0.3, 0.4) is 0 Å². The molecule has 5 nitrogen and oxygen atoms in total. The predicted octanol–water partition coefficient (Wildman–Crippen LogP) is 3.74. The summed E-state index contributed by atoms with van der Waals surface area (Å²) in [5, 5.41) is 0. The summed E-state index contributed by atoms with van der Waals surface area (Å²) in [4.78, 5) is 23.5. The highest BCUT2D eigenvalue weighted by Crippen LogP contribution is 2.13. The van der Waals surface area contributed by atoms with Crippen molar-refractivity contribution in [1.29, 1.82) is 0 Å². The highest BCUT2D eigenvalue weighted by molar-refractivity contribution is 6.08. The molecule has 0 atom stereocenters. The molecule has 0 aliphatic heterocycles. The van der Waals surface area contributed by atoms with E-state index in [1.807, 2.05) is 90.5 Å². The third-order valence-corrected chi connectivity index (χ3v) is 4.45. The molecular weight excluding hydrogens is 364 g/mol. The number of aromatic nitrogens is 1. The van der Waals surface area contributed by atoms with E-state index in [1.54, 1.807) is 0 Å². The van der Waals surface area contributed by atoms with Crippen LogP contribution in [0.4, 0.5) is 0 Å². The number of rotatable bonds is 9. The van der Waals surface area contributed by atoms with Crippen LogP contribution in [0.2, 0.25) is 0 Å². The summed E-state index contributed by atoms with van der Waals surface area (Å²) in [6.45, 7) is 2.83. The Labute approximate surface area is 170 Å². The van der Waals surface area contributed by atoms with E-state index in [1.165, 1.54) is 0 Å². The lowest BCUT2D eigenvalue weighted by Crippen LogP contribution is -2.17. The molecule has 3 aromatic rings. The lowest BCUT2D eigenvalue weighted by atomic mass is 10.1. The standard InChI is InChI=1S/C24H24N2O3/c1-18-9-11-21(12-10-18)24(28)22-8-4-14-26(22)13-3-7-19-5-2-6-20(15-19)16-29-17-23(25)27/h2-12,14-15H,13,16-17H2,1H3,(H2,25,27)/b7-3+. The van der Waals surface area contributed by atoms with Gasteiger partial charge in [0.2, 0.25) is 11.7 Å². The SMILES string of the molecule is Cc1ccc(C(=O)c2cccn2C/C=C/c2cccc(COCC(N)=O)c2)cc1. The normalized spacial score (nSPS) is 11.1. The van der Waals surface area contributed by atoms with E-state index in [9.17, 15) is 9.59 Å². The number of amides is 1. The van der Waals surface area contributed by atoms with Gasteiger partial charge in [0.15, 0.2) is 0 Å². The third kappa shape index (κ3) is 5.77. The number of hydrogen-bond donors (Lipinski definition) is 1. The van der Waals surface area contributed by atoms with Crippen molar-refractivity contribution in [2.75, 3.05) is 6.61 Å². The Morgan fingerprint density at radius 1 is 1.07 bits per heavy atom. The molecular formula is C24H24N2O3. The molecule has 5 heteroatoms. The second kappa shape index (κ2) is 9.66. The first-order valence-corrected chi connectivity index (χ1v) is 9.41. The molecule has 1 amide bonds. The van der Waals surface area contributed by atoms with E-state index in [4.69, 9.17) is 10.5 Å². The van der Waals surface area contributed by atoms with Crippen LogP contribution in [-0.2, 0) is 22.7 Å². The molecule has 1 aromatic heterocycles. The smallest absolute Gasteiger partial charge is 0.243 e. The van der Waals surface area contributed by atoms with Gasteiger partial charge in [-0.1, -0.05) is 60.2 Å². The van der Waals surface area contributed by atoms with Crippen molar-refractivity contribution in [1.82, 2.24) is 4.57 Å². The van der Waals surface area contributed by atoms with Crippen molar-refractivity contribution in [2.24, 2.45) is 5.73 Å². The number of allylic oxidation sites excluding steroid dienone is 1. The van der Waals surface area contributed by atoms with Crippen molar-refractivity contribution < 1.29 is 14.3 Å². The number of carbonyl (C=O) groups is 2. The van der Waals surface area contributed by atoms with Gasteiger partial charge in [0, 0.05) is 18.3 Å². The summed E-state index contributed by atoms with van der Waals surface area (Å²) >= 11 is 0. The maximum absolute atomic E-state index is 12.8. The average molecular weight is 388 g/mol. The molecule has 0 spiro atoms. The Kier molecular flexibility index (Phi) is 6.76. The first kappa shape index (κ1) is 20.3. The number of primary amides is 1. The Hall–Kier alpha value is -3.44. The average Bonchev–Trinajstić information content (AvgIpc) is 3.17. The van der Waals surface area contributed by atoms with E-state index in [-0.39, 0.29) is 12.4 Å². The van der Waals surface area contributed by atoms with Crippen LogP contribution >= 0.6 is 0 Å². The highest BCUT2D eigenvalue weighted by Gasteiger charge is 2.12. The number of ether oxygens (including phenoxy) is 1. The zero-order valence-corrected chi connectivity index (χ0v) is 16.4. The Balaban J connectivity index is 1.64. The highest BCUT2D eigenvalue weighted by atomic mass is 16.5. The number of carbonyl (C=O) groups excluding carboxylic acids is 2. The Bertz CT molecular complexity index is 1020. The first-order valence-electron chi connectivity index (χ1n) is 9.41. The third-order valence-electron chi connectivity index (χ3n) is 4.45. The van der Waals surface area contributed by atoms with Gasteiger partial charge in [0.1, 0.15) is 6.61 Å². The van der Waals surface area contributed by atoms with Gasteiger partial charge in [-0.3, -0.25) is 9.59 Å². The molecule has 0 aliphatic carbocycles. The minimum atomic E-state index is -0.483. The van der Waals surface area contributed by atoms with Crippen LogP contribution in [0.25, 0.3) is 6.08 Å². The molecule has 0 bridgehead atoms. The van der Waals surface area contributed by atoms with Crippen molar-refractivity contribution in [3.63, 3.8) is 0 Å². The molecule has 2 aromatic carbocycles. The number of ketones is 1. The summed E-state index contributed by atoms with van der Waals surface area (Å²) in [6, 6.07) is 19.2. The number of nitrogens with zero attached hydrogens (tertiary/aromatic N) is 1. The monoisotopic (exact) mass is 388 g/mol. The number of benzene rings is 2. The van der Waals surface area contributed by atoms with E-state index >= 15 is 0 Å². The molecule has 29 heavy (non-hydrogen) atoms. The van der Waals surface area contributed by atoms with E-state index in [0.717, 1.165) is 16.7 Å². The van der Waals surface area contributed by atoms with Gasteiger partial charge in [-0.2, -0.15) is 0 Å². The second-order valence-electron chi connectivity index (χ2n) is 6.85. The van der Waals surface area contributed by atoms with Crippen LogP contribution in [0, 0.1) is 6.92 Å². The lowest BCUT2D eigenvalue weighted by Gasteiger charge is -2.07. The summed E-state index contributed by atoms with van der Waals surface area (Å²) in [5.74, 6) is -0.472. The van der Waals surface area contributed by atoms with Crippen LogP contribution < -0.4 is 5.73 Å². The van der Waals surface area contributed by atoms with E-state index in [2.05, 4.69) is 0 Å². The van der Waals surface area contributed by atoms with Gasteiger partial charge in [0.05, 0.1) is 12.3 Å². The molecule has 2 N–H and O–H groups in total. The van der Waals surface area contributed by atoms with Crippen LogP contribution in [0.5, 0.6) is 0 Å². The minimum absolute atomic E-state index is 0.0111. The maximum Gasteiger partial charge on any atom is 0.243 e. The maximum atomic E-state index is 12.8. The fourth-order valence-corrected chi connectivity index (χ4v) is 2.99. The largest absolute Gasteiger partial charge is 0.368 e. The van der Waals surface area contributed by atoms with Crippen LogP contribution in [-0.4, -0.2) is 22.9 Å². The molecule has 0 saturated heterocycles. The Morgan fingerprint density at radius 3 is 2.62 bits per heavy atom. The zero-order valence-electron chi connectivity index (χ0n) is 16.4. The van der Waals surface area contributed by atoms with Crippen molar-refractivity contribution in [3.05, 3.63) is 101 Å². The molecule has 3 rings (SSSR count). The topological polar surface area (TPSA) is 74.3 Å². The molecule has 148 valence electrons. The van der Waals surface area contributed by atoms with Gasteiger partial charge in [0.25, 0.3) is 0 Å². The molecule has 0 aliphatic rings. The summed E-state index contributed by atoms with van der Waals surface area (Å²) < 4.78 is 7.18. The van der Waals surface area contributed by atoms with Crippen LogP contribution in [0.1, 0.15) is 32.7 Å². The molecule has 0 radical (unpaired) electrons. The van der Waals surface area contributed by atoms with Gasteiger partial charge in [-0.25, -0.2) is 0 Å². The fourth-order valence-electron chi connectivity index (χ4n) is 2.99. The summed E-state index contributed by atoms with van der Waals surface area (Å²) in [7, 11) is 0. The number of hydrogen-bond acceptors (Lipinski definition) is 3. The van der Waals surface area contributed by atoms with E-state index in [0.29, 0.717) is 24.4 Å². The molecule has 1 heterocycles. The van der Waals surface area contributed by atoms with Gasteiger partial charge < -0.3 is 15.0 Å². The number of aryl methyl sites for hydroxylation is 1. The van der Waals surface area contributed by atoms with Crippen LogP contribution in [0.15, 0.2) is 72.9 Å². The van der Waals surface area contributed by atoms with Crippen molar-refractivity contribution in [2.45, 2.75) is 20.1 Å². The molecule has 0 unspecified atom stereocenters. The number of nitrogens with two attached hydrogens (primary N) is 1. The quantitative estimate of drug-likeness (QED) is 0.568. The minimum Gasteiger partial charge on any atom is -0.368 e. The molecule has 0 saturated carbocycles. The summed E-state index contributed by atoms with van der Waals surface area (Å²) in [5.41, 5.74) is 9.52. The molecule has 0 fully saturated rings. The van der Waals surface area contributed by atoms with Gasteiger partial charge in [-0.15, -0.1) is 0 Å².